The summed E-state index contributed by atoms with van der Waals surface area (Å²) in [6.45, 7) is 12.1. The molecule has 0 aliphatic heterocycles. The summed E-state index contributed by atoms with van der Waals surface area (Å²) in [6, 6.07) is 0. The Kier molecular flexibility index (Phi) is 21.4. The Morgan fingerprint density at radius 3 is 1.13 bits per heavy atom. The quantitative estimate of drug-likeness (QED) is 0.209. The maximum Gasteiger partial charge on any atom is 0.102 e. The molecule has 0 atom stereocenters. The first-order valence-corrected chi connectivity index (χ1v) is 10.2. The second-order valence-electron chi connectivity index (χ2n) is 7.14. The number of hydrogen-bond donors (Lipinski definition) is 1. The van der Waals surface area contributed by atoms with Crippen molar-refractivity contribution in [3.8, 4) is 0 Å². The Bertz CT molecular complexity index is 192. The van der Waals surface area contributed by atoms with Crippen LogP contribution in [0.4, 0.5) is 0 Å². The van der Waals surface area contributed by atoms with Gasteiger partial charge in [0, 0.05) is 0 Å². The first-order chi connectivity index (χ1) is 10.7. The summed E-state index contributed by atoms with van der Waals surface area (Å²) in [5.41, 5.74) is 0. The number of aliphatic hydroxyl groups excluding tert-OH is 1. The minimum atomic E-state index is 0. The molecule has 0 bridgehead atoms. The van der Waals surface area contributed by atoms with Crippen molar-refractivity contribution >= 4 is 0 Å². The minimum absolute atomic E-state index is 0. The Morgan fingerprint density at radius 1 is 0.522 bits per heavy atom. The molecule has 0 aromatic rings. The van der Waals surface area contributed by atoms with Crippen LogP contribution in [0.5, 0.6) is 0 Å². The van der Waals surface area contributed by atoms with Crippen LogP contribution in [0.1, 0.15) is 97.8 Å². The SMILES string of the molecule is CCCCCC[N+](CCO)(CCCCCC)CCCCCC.[I-]. The van der Waals surface area contributed by atoms with Gasteiger partial charge in [-0.1, -0.05) is 59.3 Å². The number of quaternary nitrogens is 1. The van der Waals surface area contributed by atoms with E-state index in [2.05, 4.69) is 20.8 Å². The van der Waals surface area contributed by atoms with Gasteiger partial charge in [-0.15, -0.1) is 0 Å². The van der Waals surface area contributed by atoms with Crippen molar-refractivity contribution in [2.24, 2.45) is 0 Å². The Hall–Kier alpha value is 0.650. The number of hydrogen-bond acceptors (Lipinski definition) is 1. The molecule has 142 valence electrons. The van der Waals surface area contributed by atoms with E-state index in [0.717, 1.165) is 6.54 Å². The van der Waals surface area contributed by atoms with Crippen LogP contribution in [-0.4, -0.2) is 42.4 Å². The van der Waals surface area contributed by atoms with Gasteiger partial charge in [0.15, 0.2) is 0 Å². The number of halogens is 1. The van der Waals surface area contributed by atoms with E-state index in [9.17, 15) is 5.11 Å². The fourth-order valence-electron chi connectivity index (χ4n) is 3.50. The second-order valence-corrected chi connectivity index (χ2v) is 7.14. The van der Waals surface area contributed by atoms with Crippen LogP contribution in [0.3, 0.4) is 0 Å². The Balaban J connectivity index is 0. The molecule has 0 radical (unpaired) electrons. The molecule has 0 spiro atoms. The number of unbranched alkanes of at least 4 members (excludes halogenated alkanes) is 9. The third-order valence-corrected chi connectivity index (χ3v) is 5.03. The van der Waals surface area contributed by atoms with Crippen molar-refractivity contribution < 1.29 is 33.6 Å². The third-order valence-electron chi connectivity index (χ3n) is 5.03. The molecule has 1 N–H and O–H groups in total. The van der Waals surface area contributed by atoms with E-state index in [1.807, 2.05) is 0 Å². The van der Waals surface area contributed by atoms with E-state index in [-0.39, 0.29) is 24.0 Å². The number of aliphatic hydroxyl groups is 1. The lowest BCUT2D eigenvalue weighted by atomic mass is 10.1. The van der Waals surface area contributed by atoms with Gasteiger partial charge in [-0.2, -0.15) is 0 Å². The van der Waals surface area contributed by atoms with Gasteiger partial charge in [-0.05, 0) is 38.5 Å². The molecule has 0 unspecified atom stereocenters. The van der Waals surface area contributed by atoms with Crippen molar-refractivity contribution in [2.45, 2.75) is 97.8 Å². The molecule has 0 fully saturated rings. The fraction of sp³-hybridized carbons (Fsp3) is 1.00. The van der Waals surface area contributed by atoms with Crippen molar-refractivity contribution in [2.75, 3.05) is 32.8 Å². The zero-order chi connectivity index (χ0) is 16.5. The van der Waals surface area contributed by atoms with E-state index in [1.54, 1.807) is 0 Å². The molecule has 3 heteroatoms. The van der Waals surface area contributed by atoms with Gasteiger partial charge in [0.2, 0.25) is 0 Å². The summed E-state index contributed by atoms with van der Waals surface area (Å²) in [4.78, 5) is 0. The molecule has 2 nitrogen and oxygen atoms in total. The standard InChI is InChI=1S/C20H44NO.HI/c1-4-7-10-13-16-21(19-20-22,17-14-11-8-5-2)18-15-12-9-6-3;/h22H,4-20H2,1-3H3;1H/q+1;/p-1. The van der Waals surface area contributed by atoms with E-state index < -0.39 is 0 Å². The maximum absolute atomic E-state index is 9.59. The molecule has 0 saturated heterocycles. The molecule has 0 aliphatic carbocycles. The summed E-state index contributed by atoms with van der Waals surface area (Å²) in [7, 11) is 0. The lowest BCUT2D eigenvalue weighted by molar-refractivity contribution is -0.929. The van der Waals surface area contributed by atoms with Gasteiger partial charge in [-0.25, -0.2) is 0 Å². The van der Waals surface area contributed by atoms with Gasteiger partial charge in [0.1, 0.15) is 6.54 Å². The maximum atomic E-state index is 9.59. The highest BCUT2D eigenvalue weighted by Gasteiger charge is 2.25. The molecule has 0 aromatic heterocycles. The van der Waals surface area contributed by atoms with Gasteiger partial charge >= 0.3 is 0 Å². The van der Waals surface area contributed by atoms with Gasteiger partial charge in [0.25, 0.3) is 0 Å². The first-order valence-electron chi connectivity index (χ1n) is 10.2. The minimum Gasteiger partial charge on any atom is -1.00 e. The summed E-state index contributed by atoms with van der Waals surface area (Å²) >= 11 is 0. The summed E-state index contributed by atoms with van der Waals surface area (Å²) < 4.78 is 1.19. The number of rotatable bonds is 17. The Morgan fingerprint density at radius 2 is 0.870 bits per heavy atom. The van der Waals surface area contributed by atoms with E-state index in [4.69, 9.17) is 0 Å². The summed E-state index contributed by atoms with van der Waals surface area (Å²) in [5, 5.41) is 9.59. The number of nitrogens with zero attached hydrogens (tertiary/aromatic N) is 1. The molecule has 23 heavy (non-hydrogen) atoms. The normalized spacial score (nSPS) is 11.5. The topological polar surface area (TPSA) is 20.2 Å². The molecule has 0 amide bonds. The van der Waals surface area contributed by atoms with Crippen molar-refractivity contribution in [3.63, 3.8) is 0 Å². The van der Waals surface area contributed by atoms with Gasteiger partial charge < -0.3 is 33.6 Å². The highest BCUT2D eigenvalue weighted by molar-refractivity contribution is 4.51. The van der Waals surface area contributed by atoms with Gasteiger partial charge in [-0.3, -0.25) is 0 Å². The van der Waals surface area contributed by atoms with Crippen LogP contribution in [0, 0.1) is 0 Å². The lowest BCUT2D eigenvalue weighted by Crippen LogP contribution is -3.00. The van der Waals surface area contributed by atoms with Crippen LogP contribution in [-0.2, 0) is 0 Å². The van der Waals surface area contributed by atoms with Crippen LogP contribution >= 0.6 is 0 Å². The molecular weight excluding hydrogens is 397 g/mol. The molecule has 0 aromatic carbocycles. The molecular formula is C20H44INO. The monoisotopic (exact) mass is 441 g/mol. The molecule has 0 rings (SSSR count). The van der Waals surface area contributed by atoms with Gasteiger partial charge in [0.05, 0.1) is 26.2 Å². The average Bonchev–Trinajstić information content (AvgIpc) is 2.53. The lowest BCUT2D eigenvalue weighted by Gasteiger charge is -2.39. The summed E-state index contributed by atoms with van der Waals surface area (Å²) in [6.07, 6.45) is 16.2. The van der Waals surface area contributed by atoms with Crippen LogP contribution in [0.2, 0.25) is 0 Å². The van der Waals surface area contributed by atoms with Crippen LogP contribution in [0.25, 0.3) is 0 Å². The highest BCUT2D eigenvalue weighted by Crippen LogP contribution is 2.17. The zero-order valence-corrected chi connectivity index (χ0v) is 18.5. The fourth-order valence-corrected chi connectivity index (χ4v) is 3.50. The predicted molar refractivity (Wildman–Crippen MR) is 99.2 cm³/mol. The molecule has 0 heterocycles. The third kappa shape index (κ3) is 14.7. The largest absolute Gasteiger partial charge is 1.00 e. The van der Waals surface area contributed by atoms with Crippen molar-refractivity contribution in [3.05, 3.63) is 0 Å². The van der Waals surface area contributed by atoms with Crippen molar-refractivity contribution in [1.82, 2.24) is 0 Å². The van der Waals surface area contributed by atoms with E-state index >= 15 is 0 Å². The van der Waals surface area contributed by atoms with Crippen LogP contribution < -0.4 is 24.0 Å². The van der Waals surface area contributed by atoms with Crippen LogP contribution in [0.15, 0.2) is 0 Å². The highest BCUT2D eigenvalue weighted by atomic mass is 127. The average molecular weight is 441 g/mol. The Labute approximate surface area is 164 Å². The summed E-state index contributed by atoms with van der Waals surface area (Å²) in [5.74, 6) is 0. The zero-order valence-electron chi connectivity index (χ0n) is 16.3. The second kappa shape index (κ2) is 19.0. The first kappa shape index (κ1) is 25.9. The van der Waals surface area contributed by atoms with E-state index in [0.29, 0.717) is 6.61 Å². The van der Waals surface area contributed by atoms with E-state index in [1.165, 1.54) is 101 Å². The molecule has 0 aliphatic rings. The van der Waals surface area contributed by atoms with Crippen molar-refractivity contribution in [1.29, 1.82) is 0 Å². The smallest absolute Gasteiger partial charge is 0.102 e. The molecule has 0 saturated carbocycles. The predicted octanol–water partition coefficient (Wildman–Crippen LogP) is 2.54.